The standard InChI is InChI=1S/C11H23NO2/c1-10(2,3)8(12)7-9(13)14-11(4,5)6/h8H,7,12H2,1-6H3/t8-/m1/s1. The van der Waals surface area contributed by atoms with E-state index in [4.69, 9.17) is 10.5 Å². The lowest BCUT2D eigenvalue weighted by Crippen LogP contribution is -2.38. The molecule has 0 amide bonds. The lowest BCUT2D eigenvalue weighted by molar-refractivity contribution is -0.155. The maximum Gasteiger partial charge on any atom is 0.307 e. The Hall–Kier alpha value is -0.570. The Morgan fingerprint density at radius 3 is 1.93 bits per heavy atom. The summed E-state index contributed by atoms with van der Waals surface area (Å²) in [6.07, 6.45) is 0.279. The van der Waals surface area contributed by atoms with Crippen molar-refractivity contribution in [3.8, 4) is 0 Å². The first kappa shape index (κ1) is 13.4. The van der Waals surface area contributed by atoms with Crippen LogP contribution in [0.5, 0.6) is 0 Å². The minimum atomic E-state index is -0.422. The highest BCUT2D eigenvalue weighted by atomic mass is 16.6. The van der Waals surface area contributed by atoms with Crippen LogP contribution in [0.3, 0.4) is 0 Å². The summed E-state index contributed by atoms with van der Waals surface area (Å²) in [5, 5.41) is 0. The summed E-state index contributed by atoms with van der Waals surface area (Å²) < 4.78 is 5.18. The van der Waals surface area contributed by atoms with Crippen molar-refractivity contribution in [1.82, 2.24) is 0 Å². The summed E-state index contributed by atoms with van der Waals surface area (Å²) in [5.74, 6) is -0.222. The number of esters is 1. The molecule has 0 aliphatic heterocycles. The molecule has 0 spiro atoms. The average molecular weight is 201 g/mol. The number of ether oxygens (including phenoxy) is 1. The van der Waals surface area contributed by atoms with E-state index in [1.807, 2.05) is 41.5 Å². The van der Waals surface area contributed by atoms with Gasteiger partial charge in [-0.3, -0.25) is 4.79 Å². The van der Waals surface area contributed by atoms with E-state index in [1.165, 1.54) is 0 Å². The Morgan fingerprint density at radius 1 is 1.21 bits per heavy atom. The SMILES string of the molecule is CC(C)(C)OC(=O)C[C@@H](N)C(C)(C)C. The molecular weight excluding hydrogens is 178 g/mol. The first-order valence-corrected chi connectivity index (χ1v) is 5.00. The quantitative estimate of drug-likeness (QED) is 0.696. The molecule has 0 fully saturated rings. The summed E-state index contributed by atoms with van der Waals surface area (Å²) in [4.78, 5) is 11.4. The molecule has 0 saturated carbocycles. The highest BCUT2D eigenvalue weighted by Gasteiger charge is 2.25. The molecule has 0 heterocycles. The largest absolute Gasteiger partial charge is 0.460 e. The van der Waals surface area contributed by atoms with Crippen LogP contribution in [0.25, 0.3) is 0 Å². The van der Waals surface area contributed by atoms with E-state index >= 15 is 0 Å². The molecule has 0 unspecified atom stereocenters. The zero-order valence-electron chi connectivity index (χ0n) is 10.2. The van der Waals surface area contributed by atoms with Gasteiger partial charge in [-0.05, 0) is 26.2 Å². The smallest absolute Gasteiger partial charge is 0.307 e. The Kier molecular flexibility index (Phi) is 4.13. The molecule has 0 radical (unpaired) electrons. The first-order chi connectivity index (χ1) is 6.02. The van der Waals surface area contributed by atoms with Gasteiger partial charge in [-0.25, -0.2) is 0 Å². The minimum absolute atomic E-state index is 0.0586. The molecule has 0 aromatic rings. The van der Waals surface area contributed by atoms with Gasteiger partial charge in [0.25, 0.3) is 0 Å². The van der Waals surface area contributed by atoms with Crippen molar-refractivity contribution < 1.29 is 9.53 Å². The van der Waals surface area contributed by atoms with Crippen molar-refractivity contribution in [2.45, 2.75) is 59.6 Å². The predicted molar refractivity (Wildman–Crippen MR) is 57.9 cm³/mol. The molecule has 0 aromatic carbocycles. The zero-order chi connectivity index (χ0) is 11.6. The second-order valence-electron chi connectivity index (χ2n) is 5.76. The van der Waals surface area contributed by atoms with Gasteiger partial charge in [-0.1, -0.05) is 20.8 Å². The van der Waals surface area contributed by atoms with Crippen LogP contribution in [0.15, 0.2) is 0 Å². The van der Waals surface area contributed by atoms with E-state index in [1.54, 1.807) is 0 Å². The Balaban J connectivity index is 4.09. The van der Waals surface area contributed by atoms with Gasteiger partial charge in [0.05, 0.1) is 6.42 Å². The summed E-state index contributed by atoms with van der Waals surface area (Å²) in [6.45, 7) is 11.6. The number of carbonyl (C=O) groups excluding carboxylic acids is 1. The van der Waals surface area contributed by atoms with Crippen molar-refractivity contribution in [2.24, 2.45) is 11.1 Å². The number of nitrogens with two attached hydrogens (primary N) is 1. The molecule has 0 saturated heterocycles. The number of hydrogen-bond donors (Lipinski definition) is 1. The van der Waals surface area contributed by atoms with Crippen LogP contribution in [0.2, 0.25) is 0 Å². The Labute approximate surface area is 87.0 Å². The monoisotopic (exact) mass is 201 g/mol. The van der Waals surface area contributed by atoms with Gasteiger partial charge in [0.2, 0.25) is 0 Å². The van der Waals surface area contributed by atoms with Crippen LogP contribution in [0, 0.1) is 5.41 Å². The van der Waals surface area contributed by atoms with Gasteiger partial charge in [0.1, 0.15) is 5.60 Å². The van der Waals surface area contributed by atoms with Crippen LogP contribution >= 0.6 is 0 Å². The third kappa shape index (κ3) is 5.97. The van der Waals surface area contributed by atoms with Gasteiger partial charge >= 0.3 is 5.97 Å². The highest BCUT2D eigenvalue weighted by Crippen LogP contribution is 2.21. The molecule has 2 N–H and O–H groups in total. The van der Waals surface area contributed by atoms with E-state index in [0.717, 1.165) is 0 Å². The van der Waals surface area contributed by atoms with Gasteiger partial charge in [-0.2, -0.15) is 0 Å². The van der Waals surface area contributed by atoms with E-state index in [2.05, 4.69) is 0 Å². The summed E-state index contributed by atoms with van der Waals surface area (Å²) >= 11 is 0. The predicted octanol–water partition coefficient (Wildman–Crippen LogP) is 2.09. The van der Waals surface area contributed by atoms with Crippen molar-refractivity contribution in [2.75, 3.05) is 0 Å². The second-order valence-corrected chi connectivity index (χ2v) is 5.76. The van der Waals surface area contributed by atoms with Crippen LogP contribution in [0.4, 0.5) is 0 Å². The summed E-state index contributed by atoms with van der Waals surface area (Å²) in [6, 6.07) is -0.155. The maximum absolute atomic E-state index is 11.4. The molecule has 0 bridgehead atoms. The summed E-state index contributed by atoms with van der Waals surface area (Å²) in [5.41, 5.74) is 5.39. The molecule has 84 valence electrons. The Bertz CT molecular complexity index is 198. The van der Waals surface area contributed by atoms with Gasteiger partial charge in [0.15, 0.2) is 0 Å². The van der Waals surface area contributed by atoms with E-state index in [9.17, 15) is 4.79 Å². The van der Waals surface area contributed by atoms with Gasteiger partial charge in [0, 0.05) is 6.04 Å². The van der Waals surface area contributed by atoms with Crippen molar-refractivity contribution in [3.05, 3.63) is 0 Å². The highest BCUT2D eigenvalue weighted by molar-refractivity contribution is 5.70. The van der Waals surface area contributed by atoms with Crippen molar-refractivity contribution >= 4 is 5.97 Å². The lowest BCUT2D eigenvalue weighted by atomic mass is 9.85. The molecule has 0 aliphatic rings. The van der Waals surface area contributed by atoms with E-state index in [0.29, 0.717) is 0 Å². The molecule has 14 heavy (non-hydrogen) atoms. The third-order valence-electron chi connectivity index (χ3n) is 1.92. The topological polar surface area (TPSA) is 52.3 Å². The summed E-state index contributed by atoms with van der Waals surface area (Å²) in [7, 11) is 0. The van der Waals surface area contributed by atoms with Crippen LogP contribution in [-0.4, -0.2) is 17.6 Å². The van der Waals surface area contributed by atoms with Crippen molar-refractivity contribution in [1.29, 1.82) is 0 Å². The third-order valence-corrected chi connectivity index (χ3v) is 1.92. The fraction of sp³-hybridized carbons (Fsp3) is 0.909. The normalized spacial score (nSPS) is 15.1. The first-order valence-electron chi connectivity index (χ1n) is 5.00. The van der Waals surface area contributed by atoms with E-state index < -0.39 is 5.60 Å². The molecule has 3 heteroatoms. The molecule has 0 aliphatic carbocycles. The minimum Gasteiger partial charge on any atom is -0.460 e. The zero-order valence-corrected chi connectivity index (χ0v) is 10.2. The molecule has 1 atom stereocenters. The molecular formula is C11H23NO2. The number of carbonyl (C=O) groups is 1. The molecule has 3 nitrogen and oxygen atoms in total. The second kappa shape index (κ2) is 4.30. The molecule has 0 rings (SSSR count). The van der Waals surface area contributed by atoms with E-state index in [-0.39, 0.29) is 23.8 Å². The van der Waals surface area contributed by atoms with Crippen LogP contribution < -0.4 is 5.73 Å². The number of rotatable bonds is 2. The van der Waals surface area contributed by atoms with Gasteiger partial charge < -0.3 is 10.5 Å². The van der Waals surface area contributed by atoms with Gasteiger partial charge in [-0.15, -0.1) is 0 Å². The lowest BCUT2D eigenvalue weighted by Gasteiger charge is -2.27. The fourth-order valence-electron chi connectivity index (χ4n) is 0.869. The molecule has 0 aromatic heterocycles. The Morgan fingerprint density at radius 2 is 1.64 bits per heavy atom. The van der Waals surface area contributed by atoms with Crippen LogP contribution in [-0.2, 0) is 9.53 Å². The average Bonchev–Trinajstić information content (AvgIpc) is 1.79. The fourth-order valence-corrected chi connectivity index (χ4v) is 0.869. The van der Waals surface area contributed by atoms with Crippen LogP contribution in [0.1, 0.15) is 48.0 Å². The maximum atomic E-state index is 11.4. The van der Waals surface area contributed by atoms with Crippen molar-refractivity contribution in [3.63, 3.8) is 0 Å². The number of hydrogen-bond acceptors (Lipinski definition) is 3.